The van der Waals surface area contributed by atoms with E-state index in [1.165, 1.54) is 25.7 Å². The average Bonchev–Trinajstić information content (AvgIpc) is 3.07. The lowest BCUT2D eigenvalue weighted by atomic mass is 9.82. The zero-order valence-corrected chi connectivity index (χ0v) is 9.96. The molecule has 3 heteroatoms. The first-order valence-corrected chi connectivity index (χ1v) is 6.36. The van der Waals surface area contributed by atoms with Gasteiger partial charge in [-0.15, -0.1) is 0 Å². The monoisotopic (exact) mass is 220 g/mol. The minimum atomic E-state index is -0.652. The third-order valence-corrected chi connectivity index (χ3v) is 3.99. The van der Waals surface area contributed by atoms with Crippen molar-refractivity contribution in [2.75, 3.05) is 6.54 Å². The van der Waals surface area contributed by atoms with Crippen LogP contribution in [0.15, 0.2) is 0 Å². The second kappa shape index (κ2) is 4.45. The smallest absolute Gasteiger partial charge is 0.240 e. The molecule has 0 spiro atoms. The predicted octanol–water partition coefficient (Wildman–Crippen LogP) is 2.23. The highest BCUT2D eigenvalue weighted by Gasteiger charge is 2.50. The zero-order chi connectivity index (χ0) is 11.6. The molecule has 88 valence electrons. The maximum absolute atomic E-state index is 11.7. The molecule has 0 aromatic heterocycles. The van der Waals surface area contributed by atoms with Crippen LogP contribution in [0.1, 0.15) is 45.4 Å². The predicted molar refractivity (Wildman–Crippen MR) is 61.4 cm³/mol. The van der Waals surface area contributed by atoms with Crippen LogP contribution in [0.25, 0.3) is 0 Å². The molecule has 2 fully saturated rings. The van der Waals surface area contributed by atoms with E-state index < -0.39 is 5.41 Å². The standard InChI is InChI=1S/C13H20N2O/c1-10-3-2-4-11(7-10)8-15-12(16)13(9-14)5-6-13/h10-11H,2-8H2,1H3,(H,15,16). The number of nitrogens with one attached hydrogen (secondary N) is 1. The second-order valence-electron chi connectivity index (χ2n) is 5.54. The van der Waals surface area contributed by atoms with Crippen LogP contribution in [0, 0.1) is 28.6 Å². The molecule has 0 heterocycles. The Kier molecular flexibility index (Phi) is 3.18. The van der Waals surface area contributed by atoms with Gasteiger partial charge in [0.25, 0.3) is 0 Å². The molecule has 0 radical (unpaired) electrons. The average molecular weight is 220 g/mol. The van der Waals surface area contributed by atoms with Crippen molar-refractivity contribution in [1.82, 2.24) is 5.32 Å². The number of hydrogen-bond acceptors (Lipinski definition) is 2. The van der Waals surface area contributed by atoms with E-state index >= 15 is 0 Å². The van der Waals surface area contributed by atoms with E-state index in [2.05, 4.69) is 18.3 Å². The molecule has 1 amide bonds. The van der Waals surface area contributed by atoms with Crippen LogP contribution < -0.4 is 5.32 Å². The summed E-state index contributed by atoms with van der Waals surface area (Å²) in [6.45, 7) is 3.05. The fourth-order valence-corrected chi connectivity index (χ4v) is 2.67. The normalized spacial score (nSPS) is 31.5. The Hall–Kier alpha value is -1.04. The number of nitrogens with zero attached hydrogens (tertiary/aromatic N) is 1. The van der Waals surface area contributed by atoms with Gasteiger partial charge in [-0.1, -0.05) is 19.8 Å². The van der Waals surface area contributed by atoms with Crippen molar-refractivity contribution < 1.29 is 4.79 Å². The van der Waals surface area contributed by atoms with Crippen molar-refractivity contribution >= 4 is 5.91 Å². The molecule has 2 aliphatic rings. The van der Waals surface area contributed by atoms with E-state index in [1.807, 2.05) is 0 Å². The summed E-state index contributed by atoms with van der Waals surface area (Å²) in [6, 6.07) is 2.14. The number of carbonyl (C=O) groups excluding carboxylic acids is 1. The molecule has 2 saturated carbocycles. The fraction of sp³-hybridized carbons (Fsp3) is 0.846. The molecule has 1 N–H and O–H groups in total. The van der Waals surface area contributed by atoms with Crippen molar-refractivity contribution in [1.29, 1.82) is 5.26 Å². The summed E-state index contributed by atoms with van der Waals surface area (Å²) < 4.78 is 0. The van der Waals surface area contributed by atoms with Gasteiger partial charge in [0, 0.05) is 6.54 Å². The van der Waals surface area contributed by atoms with Crippen molar-refractivity contribution in [3.63, 3.8) is 0 Å². The summed E-state index contributed by atoms with van der Waals surface area (Å²) in [5, 5.41) is 11.9. The molecule has 0 aromatic carbocycles. The van der Waals surface area contributed by atoms with Crippen LogP contribution in [-0.4, -0.2) is 12.5 Å². The number of amides is 1. The Bertz CT molecular complexity index is 314. The van der Waals surface area contributed by atoms with E-state index in [0.29, 0.717) is 5.92 Å². The highest BCUT2D eigenvalue weighted by atomic mass is 16.2. The quantitative estimate of drug-likeness (QED) is 0.793. The Morgan fingerprint density at radius 1 is 1.50 bits per heavy atom. The Morgan fingerprint density at radius 3 is 2.81 bits per heavy atom. The van der Waals surface area contributed by atoms with Crippen molar-refractivity contribution in [2.45, 2.75) is 45.4 Å². The van der Waals surface area contributed by atoms with Gasteiger partial charge in [0.05, 0.1) is 6.07 Å². The molecule has 0 bridgehead atoms. The Labute approximate surface area is 97.2 Å². The van der Waals surface area contributed by atoms with Crippen LogP contribution in [0.5, 0.6) is 0 Å². The van der Waals surface area contributed by atoms with Gasteiger partial charge in [-0.3, -0.25) is 4.79 Å². The summed E-state index contributed by atoms with van der Waals surface area (Å²) in [4.78, 5) is 11.7. The molecule has 0 aromatic rings. The second-order valence-corrected chi connectivity index (χ2v) is 5.54. The van der Waals surface area contributed by atoms with Gasteiger partial charge < -0.3 is 5.32 Å². The lowest BCUT2D eigenvalue weighted by molar-refractivity contribution is -0.124. The highest BCUT2D eigenvalue weighted by molar-refractivity contribution is 5.88. The first-order valence-electron chi connectivity index (χ1n) is 6.36. The van der Waals surface area contributed by atoms with Gasteiger partial charge in [0.15, 0.2) is 0 Å². The Morgan fingerprint density at radius 2 is 2.25 bits per heavy atom. The lowest BCUT2D eigenvalue weighted by Crippen LogP contribution is -2.36. The largest absolute Gasteiger partial charge is 0.354 e. The van der Waals surface area contributed by atoms with Crippen LogP contribution in [0.2, 0.25) is 0 Å². The summed E-state index contributed by atoms with van der Waals surface area (Å²) >= 11 is 0. The van der Waals surface area contributed by atoms with Gasteiger partial charge in [-0.2, -0.15) is 5.26 Å². The molecule has 2 atom stereocenters. The molecule has 2 aliphatic carbocycles. The first-order chi connectivity index (χ1) is 7.66. The van der Waals surface area contributed by atoms with Gasteiger partial charge in [0.1, 0.15) is 5.41 Å². The number of nitriles is 1. The molecular formula is C13H20N2O. The number of carbonyl (C=O) groups is 1. The minimum Gasteiger partial charge on any atom is -0.354 e. The molecular weight excluding hydrogens is 200 g/mol. The van der Waals surface area contributed by atoms with Gasteiger partial charge in [-0.25, -0.2) is 0 Å². The van der Waals surface area contributed by atoms with Crippen LogP contribution in [-0.2, 0) is 4.79 Å². The van der Waals surface area contributed by atoms with E-state index in [9.17, 15) is 4.79 Å². The summed E-state index contributed by atoms with van der Waals surface area (Å²) in [5.41, 5.74) is -0.652. The van der Waals surface area contributed by atoms with Gasteiger partial charge in [0.2, 0.25) is 5.91 Å². The van der Waals surface area contributed by atoms with E-state index in [-0.39, 0.29) is 5.91 Å². The van der Waals surface area contributed by atoms with E-state index in [0.717, 1.165) is 25.3 Å². The minimum absolute atomic E-state index is 0.0340. The van der Waals surface area contributed by atoms with E-state index in [4.69, 9.17) is 5.26 Å². The zero-order valence-electron chi connectivity index (χ0n) is 9.96. The SMILES string of the molecule is CC1CCCC(CNC(=O)C2(C#N)CC2)C1. The first kappa shape index (κ1) is 11.4. The van der Waals surface area contributed by atoms with Crippen molar-refractivity contribution in [3.8, 4) is 6.07 Å². The molecule has 2 rings (SSSR count). The summed E-state index contributed by atoms with van der Waals surface area (Å²) in [5.74, 6) is 1.39. The van der Waals surface area contributed by atoms with Crippen LogP contribution >= 0.6 is 0 Å². The number of rotatable bonds is 3. The number of hydrogen-bond donors (Lipinski definition) is 1. The molecule has 16 heavy (non-hydrogen) atoms. The fourth-order valence-electron chi connectivity index (χ4n) is 2.67. The topological polar surface area (TPSA) is 52.9 Å². The highest BCUT2D eigenvalue weighted by Crippen LogP contribution is 2.45. The third-order valence-electron chi connectivity index (χ3n) is 3.99. The molecule has 0 saturated heterocycles. The summed E-state index contributed by atoms with van der Waals surface area (Å²) in [6.07, 6.45) is 6.55. The maximum Gasteiger partial charge on any atom is 0.240 e. The third kappa shape index (κ3) is 2.37. The summed E-state index contributed by atoms with van der Waals surface area (Å²) in [7, 11) is 0. The van der Waals surface area contributed by atoms with E-state index in [1.54, 1.807) is 0 Å². The van der Waals surface area contributed by atoms with Crippen LogP contribution in [0.3, 0.4) is 0 Å². The van der Waals surface area contributed by atoms with Gasteiger partial charge in [-0.05, 0) is 37.5 Å². The Balaban J connectivity index is 1.75. The van der Waals surface area contributed by atoms with Crippen molar-refractivity contribution in [2.24, 2.45) is 17.3 Å². The molecule has 0 aliphatic heterocycles. The molecule has 3 nitrogen and oxygen atoms in total. The van der Waals surface area contributed by atoms with Gasteiger partial charge >= 0.3 is 0 Å². The molecule has 2 unspecified atom stereocenters. The lowest BCUT2D eigenvalue weighted by Gasteiger charge is -2.27. The van der Waals surface area contributed by atoms with Crippen molar-refractivity contribution in [3.05, 3.63) is 0 Å². The van der Waals surface area contributed by atoms with Crippen LogP contribution in [0.4, 0.5) is 0 Å². The maximum atomic E-state index is 11.7.